The number of amides is 1. The Morgan fingerprint density at radius 2 is 1.86 bits per heavy atom. The molecule has 0 saturated heterocycles. The Balaban J connectivity index is 1.92. The molecule has 0 spiro atoms. The van der Waals surface area contributed by atoms with E-state index in [1.165, 1.54) is 4.31 Å². The van der Waals surface area contributed by atoms with Crippen molar-refractivity contribution in [3.63, 3.8) is 0 Å². The molecule has 0 aromatic heterocycles. The third-order valence-electron chi connectivity index (χ3n) is 4.99. The van der Waals surface area contributed by atoms with Crippen molar-refractivity contribution in [3.8, 4) is 5.75 Å². The molecule has 1 amide bonds. The highest BCUT2D eigenvalue weighted by Crippen LogP contribution is 2.36. The summed E-state index contributed by atoms with van der Waals surface area (Å²) < 4.78 is 31.7. The minimum absolute atomic E-state index is 0.125. The first-order valence-corrected chi connectivity index (χ1v) is 11.8. The van der Waals surface area contributed by atoms with Crippen LogP contribution in [0, 0.1) is 0 Å². The summed E-state index contributed by atoms with van der Waals surface area (Å²) in [6, 6.07) is 10.7. The van der Waals surface area contributed by atoms with E-state index in [4.69, 9.17) is 16.3 Å². The molecule has 156 valence electrons. The lowest BCUT2D eigenvalue weighted by atomic mass is 10.0. The largest absolute Gasteiger partial charge is 0.478 e. The van der Waals surface area contributed by atoms with E-state index in [0.717, 1.165) is 35.9 Å². The zero-order chi connectivity index (χ0) is 21.2. The molecule has 3 rings (SSSR count). The first kappa shape index (κ1) is 21.5. The SMILES string of the molecule is CCc1cccc(CC)c1NC(=O)C1CCN(S(C)(=O)=O)c2cc(Cl)ccc2O1. The molecular formula is C21H25ClN2O4S. The topological polar surface area (TPSA) is 75.7 Å². The van der Waals surface area contributed by atoms with E-state index in [-0.39, 0.29) is 18.9 Å². The molecule has 0 fully saturated rings. The molecule has 6 nitrogen and oxygen atoms in total. The van der Waals surface area contributed by atoms with Gasteiger partial charge in [0.25, 0.3) is 5.91 Å². The van der Waals surface area contributed by atoms with Crippen LogP contribution in [-0.4, -0.2) is 33.2 Å². The normalized spacial score (nSPS) is 16.6. The summed E-state index contributed by atoms with van der Waals surface area (Å²) in [7, 11) is -3.55. The molecule has 1 aliphatic rings. The van der Waals surface area contributed by atoms with Gasteiger partial charge in [-0.3, -0.25) is 9.10 Å². The number of rotatable bonds is 5. The van der Waals surface area contributed by atoms with E-state index in [2.05, 4.69) is 5.32 Å². The minimum Gasteiger partial charge on any atom is -0.478 e. The number of hydrogen-bond donors (Lipinski definition) is 1. The van der Waals surface area contributed by atoms with E-state index in [1.54, 1.807) is 18.2 Å². The van der Waals surface area contributed by atoms with E-state index in [9.17, 15) is 13.2 Å². The minimum atomic E-state index is -3.55. The van der Waals surface area contributed by atoms with Crippen molar-refractivity contribution < 1.29 is 17.9 Å². The van der Waals surface area contributed by atoms with Gasteiger partial charge in [0.1, 0.15) is 5.75 Å². The number of fused-ring (bicyclic) bond motifs is 1. The second-order valence-corrected chi connectivity index (χ2v) is 9.33. The standard InChI is InChI=1S/C21H25ClN2O4S/c1-4-14-7-6-8-15(5-2)20(14)23-21(25)19-11-12-24(29(3,26)27)17-13-16(22)9-10-18(17)28-19/h6-10,13,19H,4-5,11-12H2,1-3H3,(H,23,25). The van der Waals surface area contributed by atoms with Gasteiger partial charge in [0, 0.05) is 23.7 Å². The molecule has 0 saturated carbocycles. The van der Waals surface area contributed by atoms with Crippen LogP contribution >= 0.6 is 11.6 Å². The van der Waals surface area contributed by atoms with Gasteiger partial charge in [0.2, 0.25) is 10.0 Å². The van der Waals surface area contributed by atoms with Gasteiger partial charge in [-0.1, -0.05) is 43.6 Å². The number of hydrogen-bond acceptors (Lipinski definition) is 4. The molecule has 1 unspecified atom stereocenters. The maximum absolute atomic E-state index is 13.1. The Morgan fingerprint density at radius 3 is 2.45 bits per heavy atom. The third-order valence-corrected chi connectivity index (χ3v) is 6.41. The van der Waals surface area contributed by atoms with Crippen LogP contribution < -0.4 is 14.4 Å². The number of para-hydroxylation sites is 1. The molecule has 2 aromatic carbocycles. The lowest BCUT2D eigenvalue weighted by Crippen LogP contribution is -2.36. The van der Waals surface area contributed by atoms with E-state index in [0.29, 0.717) is 16.5 Å². The number of aryl methyl sites for hydroxylation is 2. The summed E-state index contributed by atoms with van der Waals surface area (Å²) in [5, 5.41) is 3.41. The highest BCUT2D eigenvalue weighted by Gasteiger charge is 2.31. The fraction of sp³-hybridized carbons (Fsp3) is 0.381. The first-order chi connectivity index (χ1) is 13.7. The summed E-state index contributed by atoms with van der Waals surface area (Å²) in [4.78, 5) is 13.1. The molecule has 1 atom stereocenters. The quantitative estimate of drug-likeness (QED) is 0.768. The Bertz CT molecular complexity index is 1000. The average Bonchev–Trinajstić information content (AvgIpc) is 2.87. The number of anilines is 2. The number of ether oxygens (including phenoxy) is 1. The summed E-state index contributed by atoms with van der Waals surface area (Å²) in [6.07, 6.45) is 2.11. The molecule has 1 heterocycles. The molecule has 8 heteroatoms. The lowest BCUT2D eigenvalue weighted by molar-refractivity contribution is -0.122. The highest BCUT2D eigenvalue weighted by atomic mass is 35.5. The molecule has 0 radical (unpaired) electrons. The maximum atomic E-state index is 13.1. The molecule has 2 aromatic rings. The molecule has 29 heavy (non-hydrogen) atoms. The summed E-state index contributed by atoms with van der Waals surface area (Å²) in [5.74, 6) is 0.0221. The van der Waals surface area contributed by atoms with Crippen LogP contribution in [0.3, 0.4) is 0 Å². The smallest absolute Gasteiger partial charge is 0.265 e. The highest BCUT2D eigenvalue weighted by molar-refractivity contribution is 7.92. The lowest BCUT2D eigenvalue weighted by Gasteiger charge is -2.21. The number of nitrogens with zero attached hydrogens (tertiary/aromatic N) is 1. The van der Waals surface area contributed by atoms with Gasteiger partial charge in [0.15, 0.2) is 6.10 Å². The Hall–Kier alpha value is -2.25. The predicted octanol–water partition coefficient (Wildman–Crippen LogP) is 4.02. The van der Waals surface area contributed by atoms with Crippen LogP contribution in [0.15, 0.2) is 36.4 Å². The van der Waals surface area contributed by atoms with Gasteiger partial charge < -0.3 is 10.1 Å². The second-order valence-electron chi connectivity index (χ2n) is 6.99. The van der Waals surface area contributed by atoms with Gasteiger partial charge in [-0.05, 0) is 42.2 Å². The predicted molar refractivity (Wildman–Crippen MR) is 117 cm³/mol. The number of nitrogens with one attached hydrogen (secondary N) is 1. The Kier molecular flexibility index (Phi) is 6.39. The second kappa shape index (κ2) is 8.63. The van der Waals surface area contributed by atoms with Crippen molar-refractivity contribution in [2.24, 2.45) is 0 Å². The number of carbonyl (C=O) groups excluding carboxylic acids is 1. The third kappa shape index (κ3) is 4.67. The van der Waals surface area contributed by atoms with E-state index in [1.807, 2.05) is 32.0 Å². The summed E-state index contributed by atoms with van der Waals surface area (Å²) >= 11 is 6.06. The average molecular weight is 437 g/mol. The molecule has 1 aliphatic heterocycles. The van der Waals surface area contributed by atoms with Crippen molar-refractivity contribution >= 4 is 38.9 Å². The van der Waals surface area contributed by atoms with Crippen LogP contribution in [-0.2, 0) is 27.7 Å². The summed E-state index contributed by atoms with van der Waals surface area (Å²) in [6.45, 7) is 4.20. The van der Waals surface area contributed by atoms with Crippen molar-refractivity contribution in [2.75, 3.05) is 22.4 Å². The monoisotopic (exact) mass is 436 g/mol. The van der Waals surface area contributed by atoms with E-state index >= 15 is 0 Å². The van der Waals surface area contributed by atoms with Gasteiger partial charge in [-0.2, -0.15) is 0 Å². The first-order valence-electron chi connectivity index (χ1n) is 9.60. The number of sulfonamides is 1. The Morgan fingerprint density at radius 1 is 1.21 bits per heavy atom. The number of halogens is 1. The summed E-state index contributed by atoms with van der Waals surface area (Å²) in [5.41, 5.74) is 3.26. The molecule has 0 bridgehead atoms. The fourth-order valence-electron chi connectivity index (χ4n) is 3.49. The zero-order valence-corrected chi connectivity index (χ0v) is 18.3. The zero-order valence-electron chi connectivity index (χ0n) is 16.7. The molecule has 0 aliphatic carbocycles. The van der Waals surface area contributed by atoms with Crippen molar-refractivity contribution in [3.05, 3.63) is 52.5 Å². The fourth-order valence-corrected chi connectivity index (χ4v) is 4.59. The van der Waals surface area contributed by atoms with Crippen LogP contribution in [0.2, 0.25) is 5.02 Å². The van der Waals surface area contributed by atoms with Gasteiger partial charge >= 0.3 is 0 Å². The van der Waals surface area contributed by atoms with Crippen molar-refractivity contribution in [1.82, 2.24) is 0 Å². The van der Waals surface area contributed by atoms with Gasteiger partial charge in [0.05, 0.1) is 11.9 Å². The molecule has 1 N–H and O–H groups in total. The van der Waals surface area contributed by atoms with Crippen LogP contribution in [0.25, 0.3) is 0 Å². The van der Waals surface area contributed by atoms with Gasteiger partial charge in [-0.15, -0.1) is 0 Å². The Labute approximate surface area is 176 Å². The number of carbonyl (C=O) groups is 1. The van der Waals surface area contributed by atoms with Crippen LogP contribution in [0.5, 0.6) is 5.75 Å². The van der Waals surface area contributed by atoms with Gasteiger partial charge in [-0.25, -0.2) is 8.42 Å². The van der Waals surface area contributed by atoms with Crippen molar-refractivity contribution in [1.29, 1.82) is 0 Å². The van der Waals surface area contributed by atoms with Crippen molar-refractivity contribution in [2.45, 2.75) is 39.2 Å². The van der Waals surface area contributed by atoms with Crippen LogP contribution in [0.1, 0.15) is 31.4 Å². The number of benzene rings is 2. The molecular weight excluding hydrogens is 412 g/mol. The van der Waals surface area contributed by atoms with Crippen LogP contribution in [0.4, 0.5) is 11.4 Å². The van der Waals surface area contributed by atoms with E-state index < -0.39 is 16.1 Å². The maximum Gasteiger partial charge on any atom is 0.265 e.